The van der Waals surface area contributed by atoms with E-state index in [0.29, 0.717) is 17.2 Å². The van der Waals surface area contributed by atoms with Gasteiger partial charge in [-0.1, -0.05) is 23.7 Å². The first-order chi connectivity index (χ1) is 14.1. The third kappa shape index (κ3) is 5.32. The highest BCUT2D eigenvalue weighted by Crippen LogP contribution is 2.27. The monoisotopic (exact) mass is 453 g/mol. The van der Waals surface area contributed by atoms with Gasteiger partial charge in [-0.25, -0.2) is 12.8 Å². The maximum absolute atomic E-state index is 13.3. The Hall–Kier alpha value is -2.12. The first-order valence-corrected chi connectivity index (χ1v) is 11.9. The van der Waals surface area contributed by atoms with Gasteiger partial charge in [0.2, 0.25) is 0 Å². The van der Waals surface area contributed by atoms with Crippen LogP contribution in [0.4, 0.5) is 4.39 Å². The fourth-order valence-corrected chi connectivity index (χ4v) is 5.50. The van der Waals surface area contributed by atoms with Gasteiger partial charge in [0.05, 0.1) is 11.5 Å². The fourth-order valence-electron chi connectivity index (χ4n) is 3.66. The van der Waals surface area contributed by atoms with E-state index in [4.69, 9.17) is 16.3 Å². The average molecular weight is 454 g/mol. The number of hydrogen-bond acceptors (Lipinski definition) is 4. The number of aryl methyl sites for hydroxylation is 2. The van der Waals surface area contributed by atoms with Crippen molar-refractivity contribution in [1.29, 1.82) is 0 Å². The third-order valence-electron chi connectivity index (χ3n) is 5.27. The molecular formula is C22H25ClFNO4S. The summed E-state index contributed by atoms with van der Waals surface area (Å²) >= 11 is 6.20. The molecule has 30 heavy (non-hydrogen) atoms. The summed E-state index contributed by atoms with van der Waals surface area (Å²) < 4.78 is 43.1. The molecule has 1 saturated heterocycles. The standard InChI is InChI=1S/C22H25ClFNO4S/c1-14-10-20(11-15(2)21(14)23)29-16(3)22(26)25(19-8-9-30(27,28)13-19)12-17-4-6-18(24)7-5-17/h4-7,10-11,16,19H,8-9,12-13H2,1-3H3. The van der Waals surface area contributed by atoms with Gasteiger partial charge in [0, 0.05) is 17.6 Å². The second-order valence-electron chi connectivity index (χ2n) is 7.78. The number of amides is 1. The number of benzene rings is 2. The predicted octanol–water partition coefficient (Wildman–Crippen LogP) is 4.08. The van der Waals surface area contributed by atoms with Gasteiger partial charge in [-0.15, -0.1) is 0 Å². The van der Waals surface area contributed by atoms with E-state index in [1.807, 2.05) is 13.8 Å². The van der Waals surface area contributed by atoms with Crippen LogP contribution in [-0.4, -0.2) is 42.9 Å². The molecule has 0 aliphatic carbocycles. The summed E-state index contributed by atoms with van der Waals surface area (Å²) in [6.45, 7) is 5.55. The lowest BCUT2D eigenvalue weighted by Gasteiger charge is -2.31. The molecule has 1 amide bonds. The maximum atomic E-state index is 13.3. The van der Waals surface area contributed by atoms with Crippen LogP contribution >= 0.6 is 11.6 Å². The minimum absolute atomic E-state index is 0.0513. The van der Waals surface area contributed by atoms with Gasteiger partial charge in [0.25, 0.3) is 5.91 Å². The molecule has 1 aliphatic rings. The Labute approximate surface area is 181 Å². The average Bonchev–Trinajstić information content (AvgIpc) is 3.04. The van der Waals surface area contributed by atoms with Crippen LogP contribution in [0, 0.1) is 19.7 Å². The highest BCUT2D eigenvalue weighted by Gasteiger charge is 2.36. The molecule has 1 aliphatic heterocycles. The topological polar surface area (TPSA) is 63.7 Å². The number of sulfone groups is 1. The molecule has 2 unspecified atom stereocenters. The number of nitrogens with zero attached hydrogens (tertiary/aromatic N) is 1. The number of carbonyl (C=O) groups excluding carboxylic acids is 1. The Balaban J connectivity index is 1.82. The number of carbonyl (C=O) groups is 1. The molecule has 0 N–H and O–H groups in total. The van der Waals surface area contributed by atoms with Gasteiger partial charge < -0.3 is 9.64 Å². The van der Waals surface area contributed by atoms with Crippen molar-refractivity contribution in [3.05, 3.63) is 63.9 Å². The van der Waals surface area contributed by atoms with E-state index in [9.17, 15) is 17.6 Å². The van der Waals surface area contributed by atoms with Crippen molar-refractivity contribution in [3.63, 3.8) is 0 Å². The number of halogens is 2. The van der Waals surface area contributed by atoms with Gasteiger partial charge in [-0.3, -0.25) is 4.79 Å². The summed E-state index contributed by atoms with van der Waals surface area (Å²) in [6.07, 6.45) is -0.449. The number of ether oxygens (including phenoxy) is 1. The number of rotatable bonds is 6. The van der Waals surface area contributed by atoms with Crippen molar-refractivity contribution >= 4 is 27.3 Å². The van der Waals surface area contributed by atoms with E-state index in [1.54, 1.807) is 31.2 Å². The molecule has 1 heterocycles. The molecule has 3 rings (SSSR count). The molecule has 1 fully saturated rings. The minimum atomic E-state index is -3.18. The molecule has 0 spiro atoms. The van der Waals surface area contributed by atoms with Crippen LogP contribution in [0.2, 0.25) is 5.02 Å². The normalized spacial score (nSPS) is 18.8. The van der Waals surface area contributed by atoms with Crippen LogP contribution in [0.15, 0.2) is 36.4 Å². The fraction of sp³-hybridized carbons (Fsp3) is 0.409. The van der Waals surface area contributed by atoms with Crippen molar-refractivity contribution in [2.75, 3.05) is 11.5 Å². The zero-order chi connectivity index (χ0) is 22.1. The molecule has 2 atom stereocenters. The van der Waals surface area contributed by atoms with Crippen LogP contribution in [0.3, 0.4) is 0 Å². The van der Waals surface area contributed by atoms with E-state index in [-0.39, 0.29) is 29.8 Å². The zero-order valence-electron chi connectivity index (χ0n) is 17.2. The van der Waals surface area contributed by atoms with Crippen molar-refractivity contribution in [2.45, 2.75) is 45.9 Å². The lowest BCUT2D eigenvalue weighted by molar-refractivity contribution is -0.140. The Bertz CT molecular complexity index is 1020. The van der Waals surface area contributed by atoms with Crippen LogP contribution in [0.5, 0.6) is 5.75 Å². The van der Waals surface area contributed by atoms with E-state index in [2.05, 4.69) is 0 Å². The smallest absolute Gasteiger partial charge is 0.263 e. The molecule has 0 aromatic heterocycles. The molecule has 0 radical (unpaired) electrons. The summed E-state index contributed by atoms with van der Waals surface area (Å²) in [4.78, 5) is 14.8. The van der Waals surface area contributed by atoms with Crippen LogP contribution < -0.4 is 4.74 Å². The maximum Gasteiger partial charge on any atom is 0.263 e. The van der Waals surface area contributed by atoms with Gasteiger partial charge in [-0.05, 0) is 68.1 Å². The van der Waals surface area contributed by atoms with Gasteiger partial charge in [0.15, 0.2) is 15.9 Å². The summed E-state index contributed by atoms with van der Waals surface area (Å²) in [7, 11) is -3.18. The first kappa shape index (κ1) is 22.6. The van der Waals surface area contributed by atoms with Crippen molar-refractivity contribution in [2.24, 2.45) is 0 Å². The summed E-state index contributed by atoms with van der Waals surface area (Å²) in [5, 5.41) is 0.649. The third-order valence-corrected chi connectivity index (χ3v) is 7.62. The second-order valence-corrected chi connectivity index (χ2v) is 10.4. The van der Waals surface area contributed by atoms with Crippen molar-refractivity contribution in [1.82, 2.24) is 4.90 Å². The van der Waals surface area contributed by atoms with Gasteiger partial charge >= 0.3 is 0 Å². The molecule has 162 valence electrons. The summed E-state index contributed by atoms with van der Waals surface area (Å²) in [5.74, 6) is -0.186. The Morgan fingerprint density at radius 1 is 1.23 bits per heavy atom. The lowest BCUT2D eigenvalue weighted by atomic mass is 10.1. The first-order valence-electron chi connectivity index (χ1n) is 9.74. The highest BCUT2D eigenvalue weighted by molar-refractivity contribution is 7.91. The van der Waals surface area contributed by atoms with Gasteiger partial charge in [-0.2, -0.15) is 0 Å². The molecule has 2 aromatic rings. The Morgan fingerprint density at radius 2 is 1.83 bits per heavy atom. The molecule has 0 bridgehead atoms. The largest absolute Gasteiger partial charge is 0.481 e. The SMILES string of the molecule is Cc1cc(OC(C)C(=O)N(Cc2ccc(F)cc2)C2CCS(=O)(=O)C2)cc(C)c1Cl. The van der Waals surface area contributed by atoms with E-state index < -0.39 is 22.0 Å². The Morgan fingerprint density at radius 3 is 2.37 bits per heavy atom. The minimum Gasteiger partial charge on any atom is -0.481 e. The van der Waals surface area contributed by atoms with Crippen molar-refractivity contribution in [3.8, 4) is 5.75 Å². The van der Waals surface area contributed by atoms with Gasteiger partial charge in [0.1, 0.15) is 11.6 Å². The Kier molecular flexibility index (Phi) is 6.72. The van der Waals surface area contributed by atoms with E-state index in [0.717, 1.165) is 16.7 Å². The van der Waals surface area contributed by atoms with Crippen LogP contribution in [0.25, 0.3) is 0 Å². The number of hydrogen-bond donors (Lipinski definition) is 0. The van der Waals surface area contributed by atoms with Crippen LogP contribution in [-0.2, 0) is 21.2 Å². The zero-order valence-corrected chi connectivity index (χ0v) is 18.8. The predicted molar refractivity (Wildman–Crippen MR) is 115 cm³/mol. The second kappa shape index (κ2) is 8.94. The molecular weight excluding hydrogens is 429 g/mol. The molecule has 8 heteroatoms. The van der Waals surface area contributed by atoms with E-state index >= 15 is 0 Å². The van der Waals surface area contributed by atoms with E-state index in [1.165, 1.54) is 17.0 Å². The molecule has 0 saturated carbocycles. The molecule has 2 aromatic carbocycles. The summed E-state index contributed by atoms with van der Waals surface area (Å²) in [6, 6.07) is 8.93. The van der Waals surface area contributed by atoms with Crippen molar-refractivity contribution < 1.29 is 22.3 Å². The highest BCUT2D eigenvalue weighted by atomic mass is 35.5. The van der Waals surface area contributed by atoms with Crippen LogP contribution in [0.1, 0.15) is 30.0 Å². The lowest BCUT2D eigenvalue weighted by Crippen LogP contribution is -2.46. The summed E-state index contributed by atoms with van der Waals surface area (Å²) in [5.41, 5.74) is 2.41. The molecule has 5 nitrogen and oxygen atoms in total. The quantitative estimate of drug-likeness (QED) is 0.661.